The predicted molar refractivity (Wildman–Crippen MR) is 112 cm³/mol. The number of aromatic nitrogens is 3. The molecule has 2 aromatic carbocycles. The van der Waals surface area contributed by atoms with Gasteiger partial charge in [-0.15, -0.1) is 0 Å². The summed E-state index contributed by atoms with van der Waals surface area (Å²) in [5, 5.41) is 0.687. The molecular weight excluding hydrogens is 354 g/mol. The summed E-state index contributed by atoms with van der Waals surface area (Å²) >= 11 is 6.23. The first-order chi connectivity index (χ1) is 13.0. The van der Waals surface area contributed by atoms with Gasteiger partial charge in [-0.3, -0.25) is 4.98 Å². The highest BCUT2D eigenvalue weighted by atomic mass is 35.5. The second-order valence-corrected chi connectivity index (χ2v) is 7.24. The van der Waals surface area contributed by atoms with Crippen LogP contribution in [0.1, 0.15) is 16.7 Å². The van der Waals surface area contributed by atoms with Crippen LogP contribution in [-0.4, -0.2) is 15.0 Å². The summed E-state index contributed by atoms with van der Waals surface area (Å²) in [5.74, 6) is 0.848. The molecule has 0 spiro atoms. The van der Waals surface area contributed by atoms with Gasteiger partial charge >= 0.3 is 0 Å². The minimum absolute atomic E-state index is 0.687. The van der Waals surface area contributed by atoms with Crippen LogP contribution in [0.5, 0.6) is 0 Å². The smallest absolute Gasteiger partial charge is 0.139 e. The van der Waals surface area contributed by atoms with Crippen LogP contribution in [0.3, 0.4) is 0 Å². The van der Waals surface area contributed by atoms with E-state index in [9.17, 15) is 0 Å². The molecule has 0 saturated heterocycles. The summed E-state index contributed by atoms with van der Waals surface area (Å²) in [6.45, 7) is 6.36. The molecule has 0 saturated carbocycles. The molecule has 4 rings (SSSR count). The highest BCUT2D eigenvalue weighted by Crippen LogP contribution is 2.35. The molecule has 27 heavy (non-hydrogen) atoms. The molecule has 0 bridgehead atoms. The summed E-state index contributed by atoms with van der Waals surface area (Å²) < 4.78 is 0. The van der Waals surface area contributed by atoms with Gasteiger partial charge in [0.1, 0.15) is 5.82 Å². The largest absolute Gasteiger partial charge is 0.336 e. The first kappa shape index (κ1) is 17.5. The lowest BCUT2D eigenvalue weighted by molar-refractivity contribution is 1.23. The number of aromatic amines is 1. The van der Waals surface area contributed by atoms with Gasteiger partial charge in [0, 0.05) is 22.3 Å². The van der Waals surface area contributed by atoms with Crippen LogP contribution in [0.15, 0.2) is 60.8 Å². The van der Waals surface area contributed by atoms with Gasteiger partial charge in [-0.1, -0.05) is 47.5 Å². The van der Waals surface area contributed by atoms with E-state index in [1.54, 1.807) is 6.20 Å². The van der Waals surface area contributed by atoms with Crippen LogP contribution in [0, 0.1) is 20.8 Å². The van der Waals surface area contributed by atoms with Crippen molar-refractivity contribution >= 4 is 11.6 Å². The van der Waals surface area contributed by atoms with Crippen LogP contribution < -0.4 is 0 Å². The number of hydrogen-bond acceptors (Lipinski definition) is 2. The van der Waals surface area contributed by atoms with Crippen LogP contribution in [0.2, 0.25) is 5.02 Å². The maximum atomic E-state index is 6.23. The van der Waals surface area contributed by atoms with E-state index in [0.717, 1.165) is 34.0 Å². The number of rotatable bonds is 3. The molecule has 0 amide bonds. The fourth-order valence-electron chi connectivity index (χ4n) is 3.59. The molecule has 0 unspecified atom stereocenters. The Morgan fingerprint density at radius 1 is 0.889 bits per heavy atom. The van der Waals surface area contributed by atoms with E-state index in [1.165, 1.54) is 16.7 Å². The average Bonchev–Trinajstić information content (AvgIpc) is 3.06. The Labute approximate surface area is 164 Å². The number of nitrogens with one attached hydrogen (secondary N) is 1. The zero-order valence-corrected chi connectivity index (χ0v) is 16.3. The minimum atomic E-state index is 0.687. The van der Waals surface area contributed by atoms with E-state index in [0.29, 0.717) is 5.02 Å². The Kier molecular flexibility index (Phi) is 4.54. The molecule has 2 aromatic heterocycles. The van der Waals surface area contributed by atoms with E-state index in [2.05, 4.69) is 42.9 Å². The molecule has 0 atom stereocenters. The van der Waals surface area contributed by atoms with Gasteiger partial charge in [-0.05, 0) is 56.2 Å². The summed E-state index contributed by atoms with van der Waals surface area (Å²) in [6.07, 6.45) is 1.79. The van der Waals surface area contributed by atoms with Gasteiger partial charge in [0.05, 0.1) is 17.1 Å². The minimum Gasteiger partial charge on any atom is -0.336 e. The van der Waals surface area contributed by atoms with E-state index < -0.39 is 0 Å². The summed E-state index contributed by atoms with van der Waals surface area (Å²) in [6, 6.07) is 18.0. The topological polar surface area (TPSA) is 41.6 Å². The number of imidazole rings is 1. The maximum absolute atomic E-state index is 6.23. The Bertz CT molecular complexity index is 1090. The van der Waals surface area contributed by atoms with E-state index in [4.69, 9.17) is 16.6 Å². The molecule has 0 aliphatic heterocycles. The molecule has 2 heterocycles. The monoisotopic (exact) mass is 373 g/mol. The Morgan fingerprint density at radius 2 is 1.67 bits per heavy atom. The molecule has 0 aliphatic rings. The quantitative estimate of drug-likeness (QED) is 0.452. The average molecular weight is 374 g/mol. The number of nitrogens with zero attached hydrogens (tertiary/aromatic N) is 2. The van der Waals surface area contributed by atoms with Crippen LogP contribution >= 0.6 is 11.6 Å². The molecule has 3 nitrogen and oxygen atoms in total. The van der Waals surface area contributed by atoms with Crippen molar-refractivity contribution in [1.29, 1.82) is 0 Å². The lowest BCUT2D eigenvalue weighted by Gasteiger charge is -2.08. The molecule has 4 aromatic rings. The van der Waals surface area contributed by atoms with Gasteiger partial charge in [-0.25, -0.2) is 4.98 Å². The SMILES string of the molecule is Cc1cc(C)c(-c2nc(-c3cccc(Cl)c3)c(-c3ccccn3)[nH]2)c(C)c1. The Balaban J connectivity index is 1.97. The summed E-state index contributed by atoms with van der Waals surface area (Å²) in [4.78, 5) is 13.0. The van der Waals surface area contributed by atoms with Crippen molar-refractivity contribution in [3.8, 4) is 34.0 Å². The normalized spacial score (nSPS) is 11.0. The summed E-state index contributed by atoms with van der Waals surface area (Å²) in [7, 11) is 0. The molecule has 0 radical (unpaired) electrons. The van der Waals surface area contributed by atoms with Gasteiger partial charge in [-0.2, -0.15) is 0 Å². The third-order valence-electron chi connectivity index (χ3n) is 4.64. The van der Waals surface area contributed by atoms with Crippen molar-refractivity contribution in [2.24, 2.45) is 0 Å². The van der Waals surface area contributed by atoms with Crippen molar-refractivity contribution in [3.05, 3.63) is 82.5 Å². The third kappa shape index (κ3) is 3.38. The van der Waals surface area contributed by atoms with Crippen molar-refractivity contribution in [2.45, 2.75) is 20.8 Å². The standard InChI is InChI=1S/C23H20ClN3/c1-14-11-15(2)20(16(3)12-14)23-26-21(17-7-6-8-18(24)13-17)22(27-23)19-9-4-5-10-25-19/h4-13H,1-3H3,(H,26,27). The Hall–Kier alpha value is -2.91. The first-order valence-electron chi connectivity index (χ1n) is 8.88. The molecule has 1 N–H and O–H groups in total. The molecule has 134 valence electrons. The highest BCUT2D eigenvalue weighted by molar-refractivity contribution is 6.30. The third-order valence-corrected chi connectivity index (χ3v) is 4.87. The van der Waals surface area contributed by atoms with Gasteiger partial charge in [0.25, 0.3) is 0 Å². The number of benzene rings is 2. The fourth-order valence-corrected chi connectivity index (χ4v) is 3.78. The van der Waals surface area contributed by atoms with E-state index in [-0.39, 0.29) is 0 Å². The van der Waals surface area contributed by atoms with Crippen molar-refractivity contribution in [2.75, 3.05) is 0 Å². The zero-order valence-electron chi connectivity index (χ0n) is 15.5. The summed E-state index contributed by atoms with van der Waals surface area (Å²) in [5.41, 5.74) is 8.35. The molecule has 0 fully saturated rings. The maximum Gasteiger partial charge on any atom is 0.139 e. The second kappa shape index (κ2) is 7.01. The van der Waals surface area contributed by atoms with Crippen LogP contribution in [0.4, 0.5) is 0 Å². The number of hydrogen-bond donors (Lipinski definition) is 1. The molecule has 4 heteroatoms. The van der Waals surface area contributed by atoms with Crippen molar-refractivity contribution < 1.29 is 0 Å². The van der Waals surface area contributed by atoms with Crippen molar-refractivity contribution in [3.63, 3.8) is 0 Å². The Morgan fingerprint density at radius 3 is 2.33 bits per heavy atom. The second-order valence-electron chi connectivity index (χ2n) is 6.81. The van der Waals surface area contributed by atoms with Crippen molar-refractivity contribution in [1.82, 2.24) is 15.0 Å². The number of H-pyrrole nitrogens is 1. The van der Waals surface area contributed by atoms with E-state index in [1.807, 2.05) is 42.5 Å². The molecule has 0 aliphatic carbocycles. The van der Waals surface area contributed by atoms with Gasteiger partial charge in [0.2, 0.25) is 0 Å². The number of aryl methyl sites for hydroxylation is 3. The first-order valence-corrected chi connectivity index (χ1v) is 9.26. The lowest BCUT2D eigenvalue weighted by atomic mass is 9.99. The number of pyridine rings is 1. The fraction of sp³-hybridized carbons (Fsp3) is 0.130. The zero-order chi connectivity index (χ0) is 19.0. The number of halogens is 1. The van der Waals surface area contributed by atoms with Crippen LogP contribution in [-0.2, 0) is 0 Å². The highest BCUT2D eigenvalue weighted by Gasteiger charge is 2.18. The predicted octanol–water partition coefficient (Wildman–Crippen LogP) is 6.38. The van der Waals surface area contributed by atoms with Crippen LogP contribution in [0.25, 0.3) is 34.0 Å². The van der Waals surface area contributed by atoms with Gasteiger partial charge in [0.15, 0.2) is 0 Å². The lowest BCUT2D eigenvalue weighted by Crippen LogP contribution is -1.92. The van der Waals surface area contributed by atoms with Gasteiger partial charge < -0.3 is 4.98 Å². The van der Waals surface area contributed by atoms with E-state index >= 15 is 0 Å². The molecular formula is C23H20ClN3.